The van der Waals surface area contributed by atoms with Gasteiger partial charge in [-0.2, -0.15) is 13.2 Å². The van der Waals surface area contributed by atoms with Gasteiger partial charge >= 0.3 is 6.18 Å². The number of aliphatic hydroxyl groups is 1. The molecule has 18 heavy (non-hydrogen) atoms. The van der Waals surface area contributed by atoms with Crippen molar-refractivity contribution in [3.05, 3.63) is 23.8 Å². The van der Waals surface area contributed by atoms with E-state index in [9.17, 15) is 26.7 Å². The molecule has 1 aromatic carbocycles. The standard InChI is InChI=1S/C10H11F3O4S/c1-9(15,10(11,12)13)7-4-3-6(14)5-8(7)18(2,16)17/h3-5,14-15H,1-2H3. The summed E-state index contributed by atoms with van der Waals surface area (Å²) in [6.07, 6.45) is -4.35. The number of phenols is 1. The third-order valence-corrected chi connectivity index (χ3v) is 3.58. The lowest BCUT2D eigenvalue weighted by molar-refractivity contribution is -0.259. The van der Waals surface area contributed by atoms with Crippen molar-refractivity contribution in [3.63, 3.8) is 0 Å². The van der Waals surface area contributed by atoms with Crippen LogP contribution in [0.1, 0.15) is 12.5 Å². The monoisotopic (exact) mass is 284 g/mol. The Kier molecular flexibility index (Phi) is 3.39. The molecule has 0 saturated carbocycles. The Morgan fingerprint density at radius 2 is 1.72 bits per heavy atom. The van der Waals surface area contributed by atoms with Gasteiger partial charge in [0, 0.05) is 11.8 Å². The number of hydrogen-bond acceptors (Lipinski definition) is 4. The smallest absolute Gasteiger partial charge is 0.421 e. The summed E-state index contributed by atoms with van der Waals surface area (Å²) < 4.78 is 60.8. The van der Waals surface area contributed by atoms with E-state index in [1.807, 2.05) is 0 Å². The van der Waals surface area contributed by atoms with Crippen LogP contribution < -0.4 is 0 Å². The fraction of sp³-hybridized carbons (Fsp3) is 0.400. The van der Waals surface area contributed by atoms with Crippen molar-refractivity contribution in [3.8, 4) is 5.75 Å². The maximum Gasteiger partial charge on any atom is 0.421 e. The van der Waals surface area contributed by atoms with Crippen LogP contribution in [0.15, 0.2) is 23.1 Å². The molecule has 1 aromatic rings. The Morgan fingerprint density at radius 1 is 1.22 bits per heavy atom. The van der Waals surface area contributed by atoms with Gasteiger partial charge < -0.3 is 10.2 Å². The molecule has 8 heteroatoms. The summed E-state index contributed by atoms with van der Waals surface area (Å²) in [6.45, 7) is 0.452. The van der Waals surface area contributed by atoms with Gasteiger partial charge in [-0.25, -0.2) is 8.42 Å². The SMILES string of the molecule is CC(O)(c1ccc(O)cc1S(C)(=O)=O)C(F)(F)F. The molecule has 0 fully saturated rings. The van der Waals surface area contributed by atoms with Crippen LogP contribution in [0.5, 0.6) is 5.75 Å². The van der Waals surface area contributed by atoms with E-state index in [-0.39, 0.29) is 0 Å². The highest BCUT2D eigenvalue weighted by Crippen LogP contribution is 2.41. The minimum Gasteiger partial charge on any atom is -0.508 e. The molecule has 0 aromatic heterocycles. The van der Waals surface area contributed by atoms with Gasteiger partial charge in [0.25, 0.3) is 0 Å². The number of rotatable bonds is 2. The second-order valence-electron chi connectivity index (χ2n) is 4.02. The van der Waals surface area contributed by atoms with Crippen LogP contribution in [0, 0.1) is 0 Å². The molecule has 1 unspecified atom stereocenters. The Morgan fingerprint density at radius 3 is 2.11 bits per heavy atom. The summed E-state index contributed by atoms with van der Waals surface area (Å²) in [7, 11) is -4.02. The third-order valence-electron chi connectivity index (χ3n) is 2.44. The van der Waals surface area contributed by atoms with Crippen LogP contribution >= 0.6 is 0 Å². The van der Waals surface area contributed by atoms with Crippen LogP contribution in [-0.4, -0.2) is 31.1 Å². The van der Waals surface area contributed by atoms with E-state index in [4.69, 9.17) is 5.11 Å². The molecular formula is C10H11F3O4S. The quantitative estimate of drug-likeness (QED) is 0.864. The van der Waals surface area contributed by atoms with Crippen LogP contribution in [0.4, 0.5) is 13.2 Å². The second-order valence-corrected chi connectivity index (χ2v) is 6.01. The van der Waals surface area contributed by atoms with E-state index in [1.165, 1.54) is 0 Å². The van der Waals surface area contributed by atoms with Gasteiger partial charge in [0.1, 0.15) is 5.75 Å². The average Bonchev–Trinajstić information content (AvgIpc) is 2.13. The first-order valence-corrected chi connectivity index (χ1v) is 6.59. The van der Waals surface area contributed by atoms with Gasteiger partial charge in [-0.15, -0.1) is 0 Å². The fourth-order valence-electron chi connectivity index (χ4n) is 1.37. The second kappa shape index (κ2) is 4.13. The normalized spacial score (nSPS) is 16.3. The van der Waals surface area contributed by atoms with E-state index in [0.29, 0.717) is 19.2 Å². The van der Waals surface area contributed by atoms with Crippen LogP contribution in [-0.2, 0) is 15.4 Å². The Labute approximate surface area is 102 Å². The Hall–Kier alpha value is -1.28. The van der Waals surface area contributed by atoms with Crippen LogP contribution in [0.3, 0.4) is 0 Å². The lowest BCUT2D eigenvalue weighted by Crippen LogP contribution is -2.40. The van der Waals surface area contributed by atoms with Gasteiger partial charge in [0.05, 0.1) is 4.90 Å². The van der Waals surface area contributed by atoms with Crippen molar-refractivity contribution in [1.29, 1.82) is 0 Å². The first-order valence-electron chi connectivity index (χ1n) is 4.70. The number of phenolic OH excluding ortho intramolecular Hbond substituents is 1. The van der Waals surface area contributed by atoms with Crippen molar-refractivity contribution in [2.75, 3.05) is 6.26 Å². The predicted molar refractivity (Wildman–Crippen MR) is 56.8 cm³/mol. The zero-order valence-electron chi connectivity index (χ0n) is 9.49. The lowest BCUT2D eigenvalue weighted by Gasteiger charge is -2.28. The maximum atomic E-state index is 12.7. The van der Waals surface area contributed by atoms with E-state index in [2.05, 4.69) is 0 Å². The van der Waals surface area contributed by atoms with Gasteiger partial charge in [-0.3, -0.25) is 0 Å². The van der Waals surface area contributed by atoms with Crippen LogP contribution in [0.2, 0.25) is 0 Å². The first-order chi connectivity index (χ1) is 7.87. The van der Waals surface area contributed by atoms with Gasteiger partial charge in [0.2, 0.25) is 0 Å². The van der Waals surface area contributed by atoms with Gasteiger partial charge in [-0.05, 0) is 19.1 Å². The molecule has 0 radical (unpaired) electrons. The predicted octanol–water partition coefficient (Wildman–Crippen LogP) is 1.57. The minimum atomic E-state index is -5.04. The molecule has 0 aliphatic heterocycles. The van der Waals surface area contributed by atoms with E-state index < -0.39 is 37.8 Å². The van der Waals surface area contributed by atoms with Crippen LogP contribution in [0.25, 0.3) is 0 Å². The van der Waals surface area contributed by atoms with Crippen molar-refractivity contribution < 1.29 is 31.8 Å². The Bertz CT molecular complexity index is 561. The summed E-state index contributed by atoms with van der Waals surface area (Å²) in [5, 5.41) is 18.6. The van der Waals surface area contributed by atoms with E-state index in [1.54, 1.807) is 0 Å². The topological polar surface area (TPSA) is 74.6 Å². The van der Waals surface area contributed by atoms with E-state index >= 15 is 0 Å². The van der Waals surface area contributed by atoms with Crippen molar-refractivity contribution in [1.82, 2.24) is 0 Å². The number of halogens is 3. The molecule has 102 valence electrons. The molecule has 0 aliphatic rings. The molecule has 0 saturated heterocycles. The molecule has 0 heterocycles. The molecule has 2 N–H and O–H groups in total. The maximum absolute atomic E-state index is 12.7. The highest BCUT2D eigenvalue weighted by atomic mass is 32.2. The van der Waals surface area contributed by atoms with Crippen molar-refractivity contribution >= 4 is 9.84 Å². The summed E-state index contributed by atoms with van der Waals surface area (Å²) in [4.78, 5) is -0.759. The zero-order chi connectivity index (χ0) is 14.4. The molecule has 4 nitrogen and oxygen atoms in total. The van der Waals surface area contributed by atoms with Crippen molar-refractivity contribution in [2.24, 2.45) is 0 Å². The zero-order valence-corrected chi connectivity index (χ0v) is 10.3. The lowest BCUT2D eigenvalue weighted by atomic mass is 9.95. The number of alkyl halides is 3. The molecule has 0 aliphatic carbocycles. The molecular weight excluding hydrogens is 273 g/mol. The average molecular weight is 284 g/mol. The molecule has 0 bridgehead atoms. The molecule has 1 atom stereocenters. The minimum absolute atomic E-state index is 0.452. The first kappa shape index (κ1) is 14.8. The largest absolute Gasteiger partial charge is 0.508 e. The molecule has 0 amide bonds. The van der Waals surface area contributed by atoms with Gasteiger partial charge in [-0.1, -0.05) is 6.07 Å². The highest BCUT2D eigenvalue weighted by molar-refractivity contribution is 7.90. The molecule has 0 spiro atoms. The Balaban J connectivity index is 3.62. The third kappa shape index (κ3) is 2.59. The number of aromatic hydroxyl groups is 1. The number of benzene rings is 1. The number of sulfone groups is 1. The van der Waals surface area contributed by atoms with E-state index in [0.717, 1.165) is 12.1 Å². The van der Waals surface area contributed by atoms with Gasteiger partial charge in [0.15, 0.2) is 15.4 Å². The summed E-state index contributed by atoms with van der Waals surface area (Å²) >= 11 is 0. The summed E-state index contributed by atoms with van der Waals surface area (Å²) in [5.41, 5.74) is -4.14. The molecule has 1 rings (SSSR count). The fourth-order valence-corrected chi connectivity index (χ4v) is 2.37. The highest BCUT2D eigenvalue weighted by Gasteiger charge is 2.52. The summed E-state index contributed by atoms with van der Waals surface area (Å²) in [6, 6.07) is 2.29. The summed E-state index contributed by atoms with van der Waals surface area (Å²) in [5.74, 6) is -0.503. The number of hydrogen-bond donors (Lipinski definition) is 2. The van der Waals surface area contributed by atoms with Crippen molar-refractivity contribution in [2.45, 2.75) is 23.6 Å².